The second-order valence-corrected chi connectivity index (χ2v) is 3.79. The van der Waals surface area contributed by atoms with Crippen LogP contribution in [0.4, 0.5) is 17.6 Å². The monoisotopic (exact) mass is 319 g/mol. The Morgan fingerprint density at radius 1 is 1.29 bits per heavy atom. The van der Waals surface area contributed by atoms with Crippen molar-refractivity contribution in [3.05, 3.63) is 32.6 Å². The molecular weight excluding hydrogens is 313 g/mol. The lowest BCUT2D eigenvalue weighted by molar-refractivity contribution is -0.140. The van der Waals surface area contributed by atoms with Gasteiger partial charge in [-0.2, -0.15) is 13.2 Å². The van der Waals surface area contributed by atoms with Gasteiger partial charge in [-0.05, 0) is 40.3 Å². The Labute approximate surface area is 91.4 Å². The van der Waals surface area contributed by atoms with E-state index in [0.717, 1.165) is 12.1 Å². The molecule has 78 valence electrons. The molecule has 6 heteroatoms. The van der Waals surface area contributed by atoms with Gasteiger partial charge in [0.1, 0.15) is 5.82 Å². The molecule has 2 N–H and O–H groups in total. The zero-order valence-electron chi connectivity index (χ0n) is 6.83. The van der Waals surface area contributed by atoms with Crippen LogP contribution in [-0.4, -0.2) is 0 Å². The van der Waals surface area contributed by atoms with Gasteiger partial charge in [-0.3, -0.25) is 0 Å². The summed E-state index contributed by atoms with van der Waals surface area (Å²) >= 11 is 1.70. The zero-order valence-corrected chi connectivity index (χ0v) is 8.99. The van der Waals surface area contributed by atoms with Crippen LogP contribution < -0.4 is 5.73 Å². The van der Waals surface area contributed by atoms with E-state index in [1.54, 1.807) is 22.6 Å². The van der Waals surface area contributed by atoms with E-state index in [-0.39, 0.29) is 6.54 Å². The highest BCUT2D eigenvalue weighted by Gasteiger charge is 2.34. The fourth-order valence-electron chi connectivity index (χ4n) is 0.962. The molecule has 1 aromatic carbocycles. The molecule has 0 saturated heterocycles. The molecule has 0 aliphatic carbocycles. The molecule has 1 rings (SSSR count). The van der Waals surface area contributed by atoms with Crippen LogP contribution in [0.2, 0.25) is 0 Å². The molecule has 0 spiro atoms. The van der Waals surface area contributed by atoms with Gasteiger partial charge in [-0.15, -0.1) is 0 Å². The maximum Gasteiger partial charge on any atom is 0.419 e. The van der Waals surface area contributed by atoms with Crippen LogP contribution in [0.15, 0.2) is 12.1 Å². The van der Waals surface area contributed by atoms with Crippen LogP contribution in [0.5, 0.6) is 0 Å². The zero-order chi connectivity index (χ0) is 10.9. The van der Waals surface area contributed by atoms with Gasteiger partial charge >= 0.3 is 6.18 Å². The third-order valence-corrected chi connectivity index (χ3v) is 2.67. The van der Waals surface area contributed by atoms with Crippen LogP contribution in [0.25, 0.3) is 0 Å². The van der Waals surface area contributed by atoms with E-state index < -0.39 is 17.6 Å². The minimum atomic E-state index is -4.66. The summed E-state index contributed by atoms with van der Waals surface area (Å²) < 4.78 is 49.8. The van der Waals surface area contributed by atoms with Crippen molar-refractivity contribution in [3.8, 4) is 0 Å². The Morgan fingerprint density at radius 2 is 1.86 bits per heavy atom. The third kappa shape index (κ3) is 2.35. The summed E-state index contributed by atoms with van der Waals surface area (Å²) in [5.41, 5.74) is 4.35. The molecule has 0 aromatic heterocycles. The van der Waals surface area contributed by atoms with Gasteiger partial charge < -0.3 is 5.73 Å². The SMILES string of the molecule is NCc1cc(F)c(C(F)(F)F)cc1I. The second kappa shape index (κ2) is 4.01. The van der Waals surface area contributed by atoms with E-state index in [1.807, 2.05) is 0 Å². The summed E-state index contributed by atoms with van der Waals surface area (Å²) in [5, 5.41) is 0. The number of hydrogen-bond donors (Lipinski definition) is 1. The Kier molecular flexibility index (Phi) is 3.36. The van der Waals surface area contributed by atoms with Crippen molar-refractivity contribution in [2.24, 2.45) is 5.73 Å². The van der Waals surface area contributed by atoms with E-state index in [9.17, 15) is 17.6 Å². The van der Waals surface area contributed by atoms with Crippen molar-refractivity contribution in [3.63, 3.8) is 0 Å². The van der Waals surface area contributed by atoms with Gasteiger partial charge in [0.15, 0.2) is 0 Å². The second-order valence-electron chi connectivity index (χ2n) is 2.63. The maximum absolute atomic E-state index is 12.9. The highest BCUT2D eigenvalue weighted by atomic mass is 127. The number of nitrogens with two attached hydrogens (primary N) is 1. The Balaban J connectivity index is 3.29. The van der Waals surface area contributed by atoms with Gasteiger partial charge in [0.25, 0.3) is 0 Å². The lowest BCUT2D eigenvalue weighted by atomic mass is 10.1. The summed E-state index contributed by atoms with van der Waals surface area (Å²) in [4.78, 5) is 0. The molecule has 0 aliphatic rings. The highest BCUT2D eigenvalue weighted by Crippen LogP contribution is 2.33. The van der Waals surface area contributed by atoms with Crippen LogP contribution in [0.3, 0.4) is 0 Å². The van der Waals surface area contributed by atoms with E-state index in [1.165, 1.54) is 0 Å². The first-order valence-corrected chi connectivity index (χ1v) is 4.69. The Bertz CT molecular complexity index is 348. The highest BCUT2D eigenvalue weighted by molar-refractivity contribution is 14.1. The average molecular weight is 319 g/mol. The fourth-order valence-corrected chi connectivity index (χ4v) is 1.65. The predicted octanol–water partition coefficient (Wildman–Crippen LogP) is 2.91. The Morgan fingerprint density at radius 3 is 2.29 bits per heavy atom. The van der Waals surface area contributed by atoms with E-state index in [2.05, 4.69) is 0 Å². The first kappa shape index (κ1) is 11.7. The number of rotatable bonds is 1. The first-order chi connectivity index (χ1) is 6.36. The molecule has 0 radical (unpaired) electrons. The number of alkyl halides is 3. The maximum atomic E-state index is 12.9. The molecule has 0 aliphatic heterocycles. The van der Waals surface area contributed by atoms with Crippen molar-refractivity contribution in [2.45, 2.75) is 12.7 Å². The molecule has 0 bridgehead atoms. The smallest absolute Gasteiger partial charge is 0.326 e. The first-order valence-electron chi connectivity index (χ1n) is 3.61. The lowest BCUT2D eigenvalue weighted by Crippen LogP contribution is -2.10. The Hall–Kier alpha value is -0.370. The van der Waals surface area contributed by atoms with Gasteiger partial charge in [0, 0.05) is 10.1 Å². The fraction of sp³-hybridized carbons (Fsp3) is 0.250. The molecule has 14 heavy (non-hydrogen) atoms. The number of hydrogen-bond acceptors (Lipinski definition) is 1. The molecule has 0 saturated carbocycles. The molecule has 0 heterocycles. The summed E-state index contributed by atoms with van der Waals surface area (Å²) in [6.45, 7) is 0.0212. The van der Waals surface area contributed by atoms with Gasteiger partial charge in [0.2, 0.25) is 0 Å². The van der Waals surface area contributed by atoms with Crippen molar-refractivity contribution in [1.29, 1.82) is 0 Å². The minimum absolute atomic E-state index is 0.0212. The van der Waals surface area contributed by atoms with Crippen molar-refractivity contribution >= 4 is 22.6 Å². The molecule has 1 nitrogen and oxygen atoms in total. The average Bonchev–Trinajstić information content (AvgIpc) is 2.06. The molecule has 0 unspecified atom stereocenters. The van der Waals surface area contributed by atoms with E-state index in [0.29, 0.717) is 9.13 Å². The normalized spacial score (nSPS) is 11.9. The van der Waals surface area contributed by atoms with Crippen molar-refractivity contribution in [2.75, 3.05) is 0 Å². The number of benzene rings is 1. The van der Waals surface area contributed by atoms with E-state index >= 15 is 0 Å². The third-order valence-electron chi connectivity index (χ3n) is 1.66. The quantitative estimate of drug-likeness (QED) is 0.625. The molecule has 0 atom stereocenters. The van der Waals surface area contributed by atoms with Gasteiger partial charge in [-0.1, -0.05) is 0 Å². The van der Waals surface area contributed by atoms with Crippen LogP contribution in [0.1, 0.15) is 11.1 Å². The van der Waals surface area contributed by atoms with Crippen molar-refractivity contribution in [1.82, 2.24) is 0 Å². The standard InChI is InChI=1S/C8H6F4IN/c9-6-1-4(3-14)7(13)2-5(6)8(10,11)12/h1-2H,3,14H2. The minimum Gasteiger partial charge on any atom is -0.326 e. The molecule has 1 aromatic rings. The summed E-state index contributed by atoms with van der Waals surface area (Å²) in [7, 11) is 0. The van der Waals surface area contributed by atoms with E-state index in [4.69, 9.17) is 5.73 Å². The van der Waals surface area contributed by atoms with Gasteiger partial charge in [-0.25, -0.2) is 4.39 Å². The van der Waals surface area contributed by atoms with Crippen LogP contribution in [0, 0.1) is 9.39 Å². The molecular formula is C8H6F4IN. The summed E-state index contributed by atoms with van der Waals surface area (Å²) in [6.07, 6.45) is -4.66. The molecule has 0 amide bonds. The summed E-state index contributed by atoms with van der Waals surface area (Å²) in [5.74, 6) is -1.28. The lowest BCUT2D eigenvalue weighted by Gasteiger charge is -2.10. The largest absolute Gasteiger partial charge is 0.419 e. The summed E-state index contributed by atoms with van der Waals surface area (Å²) in [6, 6.07) is 1.59. The van der Waals surface area contributed by atoms with Gasteiger partial charge in [0.05, 0.1) is 5.56 Å². The molecule has 0 fully saturated rings. The topological polar surface area (TPSA) is 26.0 Å². The van der Waals surface area contributed by atoms with Crippen molar-refractivity contribution < 1.29 is 17.6 Å². The van der Waals surface area contributed by atoms with Crippen LogP contribution in [-0.2, 0) is 12.7 Å². The van der Waals surface area contributed by atoms with Crippen LogP contribution >= 0.6 is 22.6 Å². The number of halogens is 5. The predicted molar refractivity (Wildman–Crippen MR) is 52.0 cm³/mol.